The van der Waals surface area contributed by atoms with Gasteiger partial charge in [0.1, 0.15) is 5.82 Å². The summed E-state index contributed by atoms with van der Waals surface area (Å²) in [5.74, 6) is 1.47. The number of fused-ring (bicyclic) bond motifs is 1. The Hall–Kier alpha value is -1.92. The van der Waals surface area contributed by atoms with E-state index in [9.17, 15) is 0 Å². The molecule has 0 aliphatic carbocycles. The van der Waals surface area contributed by atoms with E-state index in [-0.39, 0.29) is 6.10 Å². The van der Waals surface area contributed by atoms with Crippen LogP contribution < -0.4 is 10.6 Å². The van der Waals surface area contributed by atoms with Gasteiger partial charge < -0.3 is 20.3 Å². The molecular weight excluding hydrogens is 266 g/mol. The van der Waals surface area contributed by atoms with Crippen molar-refractivity contribution in [3.8, 4) is 0 Å². The summed E-state index contributed by atoms with van der Waals surface area (Å²) in [6.07, 6.45) is 0.190. The van der Waals surface area contributed by atoms with Gasteiger partial charge >= 0.3 is 0 Å². The van der Waals surface area contributed by atoms with Gasteiger partial charge in [-0.15, -0.1) is 0 Å². The lowest BCUT2D eigenvalue weighted by molar-refractivity contribution is -0.0117. The van der Waals surface area contributed by atoms with Crippen LogP contribution in [0.15, 0.2) is 24.3 Å². The Morgan fingerprint density at radius 3 is 3.00 bits per heavy atom. The minimum atomic E-state index is 0.190. The van der Waals surface area contributed by atoms with Crippen LogP contribution in [0.1, 0.15) is 0 Å². The summed E-state index contributed by atoms with van der Waals surface area (Å²) < 4.78 is 5.78. The van der Waals surface area contributed by atoms with Crippen molar-refractivity contribution in [2.45, 2.75) is 6.10 Å². The average molecular weight is 287 g/mol. The summed E-state index contributed by atoms with van der Waals surface area (Å²) in [6.45, 7) is 3.47. The molecule has 6 nitrogen and oxygen atoms in total. The first-order valence-electron chi connectivity index (χ1n) is 7.25. The Balaban J connectivity index is 1.79. The number of likely N-dealkylation sites (N-methyl/N-ethyl adjacent to an activating group) is 1. The number of hydrogen-bond donors (Lipinski definition) is 2. The molecule has 0 spiro atoms. The van der Waals surface area contributed by atoms with Gasteiger partial charge in [0, 0.05) is 32.1 Å². The first-order valence-corrected chi connectivity index (χ1v) is 7.25. The van der Waals surface area contributed by atoms with Gasteiger partial charge in [0.15, 0.2) is 0 Å². The number of aromatic nitrogens is 2. The van der Waals surface area contributed by atoms with Crippen molar-refractivity contribution < 1.29 is 4.74 Å². The number of nitrogens with one attached hydrogen (secondary N) is 2. The predicted octanol–water partition coefficient (Wildman–Crippen LogP) is 1.41. The minimum Gasteiger partial charge on any atom is -0.374 e. The topological polar surface area (TPSA) is 62.3 Å². The number of ether oxygens (including phenoxy) is 1. The van der Waals surface area contributed by atoms with E-state index in [0.717, 1.165) is 43.0 Å². The summed E-state index contributed by atoms with van der Waals surface area (Å²) >= 11 is 0. The van der Waals surface area contributed by atoms with Crippen LogP contribution >= 0.6 is 0 Å². The molecule has 0 radical (unpaired) electrons. The molecule has 1 aliphatic heterocycles. The SMILES string of the molecule is CNc1nc(NCC2CN(C)CCO2)c2ccccc2n1. The maximum atomic E-state index is 5.78. The molecule has 2 heterocycles. The van der Waals surface area contributed by atoms with Crippen LogP contribution in [0, 0.1) is 0 Å². The number of morpholine rings is 1. The average Bonchev–Trinajstić information content (AvgIpc) is 2.52. The summed E-state index contributed by atoms with van der Waals surface area (Å²) in [4.78, 5) is 11.3. The highest BCUT2D eigenvalue weighted by atomic mass is 16.5. The summed E-state index contributed by atoms with van der Waals surface area (Å²) in [6, 6.07) is 8.01. The molecule has 1 aromatic heterocycles. The second-order valence-corrected chi connectivity index (χ2v) is 5.30. The highest BCUT2D eigenvalue weighted by Gasteiger charge is 2.18. The summed E-state index contributed by atoms with van der Waals surface area (Å²) in [5.41, 5.74) is 0.932. The van der Waals surface area contributed by atoms with E-state index in [0.29, 0.717) is 5.95 Å². The third kappa shape index (κ3) is 3.22. The lowest BCUT2D eigenvalue weighted by Gasteiger charge is -2.30. The van der Waals surface area contributed by atoms with E-state index < -0.39 is 0 Å². The van der Waals surface area contributed by atoms with E-state index in [4.69, 9.17) is 4.74 Å². The van der Waals surface area contributed by atoms with E-state index >= 15 is 0 Å². The minimum absolute atomic E-state index is 0.190. The molecule has 1 fully saturated rings. The molecule has 3 rings (SSSR count). The van der Waals surface area contributed by atoms with Gasteiger partial charge in [0.25, 0.3) is 0 Å². The van der Waals surface area contributed by atoms with Crippen molar-refractivity contribution in [3.63, 3.8) is 0 Å². The van der Waals surface area contributed by atoms with Crippen molar-refractivity contribution >= 4 is 22.7 Å². The molecule has 2 N–H and O–H groups in total. The quantitative estimate of drug-likeness (QED) is 0.886. The fraction of sp³-hybridized carbons (Fsp3) is 0.467. The molecule has 112 valence electrons. The lowest BCUT2D eigenvalue weighted by Crippen LogP contribution is -2.43. The lowest BCUT2D eigenvalue weighted by atomic mass is 10.2. The zero-order valence-corrected chi connectivity index (χ0v) is 12.5. The Morgan fingerprint density at radius 1 is 1.33 bits per heavy atom. The number of benzene rings is 1. The first-order chi connectivity index (χ1) is 10.3. The van der Waals surface area contributed by atoms with Crippen LogP contribution in [0.5, 0.6) is 0 Å². The van der Waals surface area contributed by atoms with Crippen LogP contribution in [-0.2, 0) is 4.74 Å². The third-order valence-electron chi connectivity index (χ3n) is 3.67. The fourth-order valence-electron chi connectivity index (χ4n) is 2.52. The molecule has 1 unspecified atom stereocenters. The van der Waals surface area contributed by atoms with Gasteiger partial charge in [0.05, 0.1) is 18.2 Å². The molecule has 21 heavy (non-hydrogen) atoms. The van der Waals surface area contributed by atoms with Crippen LogP contribution in [0.2, 0.25) is 0 Å². The molecule has 0 saturated carbocycles. The van der Waals surface area contributed by atoms with Gasteiger partial charge in [-0.2, -0.15) is 4.98 Å². The van der Waals surface area contributed by atoms with Gasteiger partial charge in [-0.25, -0.2) is 4.98 Å². The molecular formula is C15H21N5O. The first kappa shape index (κ1) is 14.0. The number of nitrogens with zero attached hydrogens (tertiary/aromatic N) is 3. The predicted molar refractivity (Wildman–Crippen MR) is 84.8 cm³/mol. The molecule has 2 aromatic rings. The maximum absolute atomic E-state index is 5.78. The number of para-hydroxylation sites is 1. The van der Waals surface area contributed by atoms with E-state index in [2.05, 4.69) is 32.5 Å². The molecule has 0 bridgehead atoms. The summed E-state index contributed by atoms with van der Waals surface area (Å²) in [5, 5.41) is 7.44. The van der Waals surface area contributed by atoms with Crippen LogP contribution in [0.3, 0.4) is 0 Å². The monoisotopic (exact) mass is 287 g/mol. The zero-order valence-electron chi connectivity index (χ0n) is 12.5. The highest BCUT2D eigenvalue weighted by Crippen LogP contribution is 2.21. The van der Waals surface area contributed by atoms with Gasteiger partial charge in [0.2, 0.25) is 5.95 Å². The third-order valence-corrected chi connectivity index (χ3v) is 3.67. The van der Waals surface area contributed by atoms with Crippen LogP contribution in [0.4, 0.5) is 11.8 Å². The molecule has 1 saturated heterocycles. The number of hydrogen-bond acceptors (Lipinski definition) is 6. The smallest absolute Gasteiger partial charge is 0.224 e. The van der Waals surface area contributed by atoms with Crippen molar-refractivity contribution in [2.24, 2.45) is 0 Å². The fourth-order valence-corrected chi connectivity index (χ4v) is 2.52. The second kappa shape index (κ2) is 6.24. The molecule has 1 atom stereocenters. The van der Waals surface area contributed by atoms with Crippen LogP contribution in [0.25, 0.3) is 10.9 Å². The van der Waals surface area contributed by atoms with E-state index in [1.54, 1.807) is 0 Å². The largest absolute Gasteiger partial charge is 0.374 e. The molecule has 1 aliphatic rings. The maximum Gasteiger partial charge on any atom is 0.224 e. The second-order valence-electron chi connectivity index (χ2n) is 5.30. The standard InChI is InChI=1S/C15H21N5O/c1-16-15-18-13-6-4-3-5-12(13)14(19-15)17-9-11-10-20(2)7-8-21-11/h3-6,11H,7-10H2,1-2H3,(H2,16,17,18,19). The summed E-state index contributed by atoms with van der Waals surface area (Å²) in [7, 11) is 3.95. The van der Waals surface area contributed by atoms with E-state index in [1.165, 1.54) is 0 Å². The number of rotatable bonds is 4. The van der Waals surface area contributed by atoms with Crippen molar-refractivity contribution in [1.29, 1.82) is 0 Å². The van der Waals surface area contributed by atoms with Crippen LogP contribution in [-0.4, -0.2) is 61.3 Å². The highest BCUT2D eigenvalue weighted by molar-refractivity contribution is 5.89. The van der Waals surface area contributed by atoms with E-state index in [1.807, 2.05) is 31.3 Å². The Labute approximate surface area is 124 Å². The van der Waals surface area contributed by atoms with Crippen molar-refractivity contribution in [1.82, 2.24) is 14.9 Å². The van der Waals surface area contributed by atoms with Gasteiger partial charge in [-0.05, 0) is 19.2 Å². The molecule has 0 amide bonds. The van der Waals surface area contributed by atoms with Crippen molar-refractivity contribution in [3.05, 3.63) is 24.3 Å². The molecule has 1 aromatic carbocycles. The Bertz CT molecular complexity index is 618. The normalized spacial score (nSPS) is 19.6. The van der Waals surface area contributed by atoms with Gasteiger partial charge in [-0.3, -0.25) is 0 Å². The molecule has 6 heteroatoms. The van der Waals surface area contributed by atoms with Gasteiger partial charge in [-0.1, -0.05) is 12.1 Å². The Kier molecular flexibility index (Phi) is 4.17. The van der Waals surface area contributed by atoms with Crippen molar-refractivity contribution in [2.75, 3.05) is 51.0 Å². The number of anilines is 2. The Morgan fingerprint density at radius 2 is 2.19 bits per heavy atom. The zero-order chi connectivity index (χ0) is 14.7.